The Balaban J connectivity index is 2.03. The number of rotatable bonds is 2. The van der Waals surface area contributed by atoms with Crippen LogP contribution in [0.3, 0.4) is 0 Å². The topological polar surface area (TPSA) is 41.7 Å². The molecule has 0 amide bonds. The molecule has 2 rings (SSSR count). The minimum Gasteiger partial charge on any atom is -0.375 e. The first-order valence-corrected chi connectivity index (χ1v) is 8.03. The molecule has 0 aliphatic carbocycles. The van der Waals surface area contributed by atoms with Crippen molar-refractivity contribution in [3.8, 4) is 0 Å². The predicted octanol–water partition coefficient (Wildman–Crippen LogP) is 1.69. The summed E-state index contributed by atoms with van der Waals surface area (Å²) in [7, 11) is 0. The molecule has 4 nitrogen and oxygen atoms in total. The molecule has 1 unspecified atom stereocenters. The Bertz CT molecular complexity index is 329. The van der Waals surface area contributed by atoms with Crippen molar-refractivity contribution in [2.45, 2.75) is 64.1 Å². The molecule has 2 N–H and O–H groups in total. The van der Waals surface area contributed by atoms with Gasteiger partial charge in [-0.25, -0.2) is 0 Å². The van der Waals surface area contributed by atoms with Gasteiger partial charge >= 0.3 is 0 Å². The molecule has 0 radical (unpaired) electrons. The maximum absolute atomic E-state index is 6.20. The molecule has 118 valence electrons. The van der Waals surface area contributed by atoms with Gasteiger partial charge in [0.15, 0.2) is 0 Å². The van der Waals surface area contributed by atoms with Crippen LogP contribution in [0.4, 0.5) is 0 Å². The first kappa shape index (κ1) is 16.2. The molecule has 2 saturated heterocycles. The van der Waals surface area contributed by atoms with E-state index in [0.717, 1.165) is 52.2 Å². The summed E-state index contributed by atoms with van der Waals surface area (Å²) in [5.41, 5.74) is 6.58. The van der Waals surface area contributed by atoms with Crippen molar-refractivity contribution in [2.24, 2.45) is 5.73 Å². The van der Waals surface area contributed by atoms with Gasteiger partial charge in [0.25, 0.3) is 0 Å². The van der Waals surface area contributed by atoms with Crippen LogP contribution in [0.2, 0.25) is 0 Å². The summed E-state index contributed by atoms with van der Waals surface area (Å²) in [6.45, 7) is 17.4. The Morgan fingerprint density at radius 1 is 1.10 bits per heavy atom. The molecule has 0 aromatic carbocycles. The normalized spacial score (nSPS) is 33.3. The molecular formula is C16H33N3O. The van der Waals surface area contributed by atoms with E-state index in [1.165, 1.54) is 0 Å². The first-order valence-electron chi connectivity index (χ1n) is 8.03. The SMILES string of the molecule is CC1(C)CC(CN)(N2CCN(C(C)(C)C)CC2)CCO1. The number of ether oxygens (including phenoxy) is 1. The van der Waals surface area contributed by atoms with E-state index < -0.39 is 0 Å². The highest BCUT2D eigenvalue weighted by Crippen LogP contribution is 2.36. The molecule has 2 heterocycles. The van der Waals surface area contributed by atoms with E-state index in [1.807, 2.05) is 0 Å². The van der Waals surface area contributed by atoms with Crippen molar-refractivity contribution >= 4 is 0 Å². The highest BCUT2D eigenvalue weighted by atomic mass is 16.5. The Labute approximate surface area is 124 Å². The van der Waals surface area contributed by atoms with Crippen molar-refractivity contribution in [1.82, 2.24) is 9.80 Å². The van der Waals surface area contributed by atoms with Gasteiger partial charge in [-0.05, 0) is 47.5 Å². The van der Waals surface area contributed by atoms with Crippen molar-refractivity contribution in [3.63, 3.8) is 0 Å². The lowest BCUT2D eigenvalue weighted by Gasteiger charge is -2.54. The standard InChI is InChI=1S/C16H33N3O/c1-14(2,3)18-7-9-19(10-8-18)16(13-17)6-11-20-15(4,5)12-16/h6-13,17H2,1-5H3. The lowest BCUT2D eigenvalue weighted by atomic mass is 9.79. The Morgan fingerprint density at radius 2 is 1.70 bits per heavy atom. The van der Waals surface area contributed by atoms with Crippen LogP contribution >= 0.6 is 0 Å². The summed E-state index contributed by atoms with van der Waals surface area (Å²) in [5.74, 6) is 0. The minimum absolute atomic E-state index is 0.0429. The third kappa shape index (κ3) is 3.35. The van der Waals surface area contributed by atoms with Crippen LogP contribution in [-0.2, 0) is 4.74 Å². The average Bonchev–Trinajstić information content (AvgIpc) is 2.36. The second kappa shape index (κ2) is 5.56. The van der Waals surface area contributed by atoms with E-state index in [0.29, 0.717) is 0 Å². The molecular weight excluding hydrogens is 250 g/mol. The van der Waals surface area contributed by atoms with Gasteiger partial charge in [-0.2, -0.15) is 0 Å². The van der Waals surface area contributed by atoms with Crippen LogP contribution < -0.4 is 5.73 Å². The lowest BCUT2D eigenvalue weighted by molar-refractivity contribution is -0.127. The number of nitrogens with two attached hydrogens (primary N) is 1. The quantitative estimate of drug-likeness (QED) is 0.837. The van der Waals surface area contributed by atoms with Crippen LogP contribution in [0.15, 0.2) is 0 Å². The number of hydrogen-bond donors (Lipinski definition) is 1. The highest BCUT2D eigenvalue weighted by Gasteiger charge is 2.45. The molecule has 20 heavy (non-hydrogen) atoms. The van der Waals surface area contributed by atoms with Crippen LogP contribution in [0.1, 0.15) is 47.5 Å². The fraction of sp³-hybridized carbons (Fsp3) is 1.00. The molecule has 0 aromatic rings. The van der Waals surface area contributed by atoms with Crippen molar-refractivity contribution < 1.29 is 4.74 Å². The van der Waals surface area contributed by atoms with E-state index >= 15 is 0 Å². The summed E-state index contributed by atoms with van der Waals surface area (Å²) in [5, 5.41) is 0. The largest absolute Gasteiger partial charge is 0.375 e. The lowest BCUT2D eigenvalue weighted by Crippen LogP contribution is -2.65. The molecule has 0 aromatic heterocycles. The second-order valence-corrected chi connectivity index (χ2v) is 8.11. The van der Waals surface area contributed by atoms with Gasteiger partial charge < -0.3 is 10.5 Å². The summed E-state index contributed by atoms with van der Waals surface area (Å²) in [6.07, 6.45) is 2.12. The summed E-state index contributed by atoms with van der Waals surface area (Å²) < 4.78 is 5.90. The summed E-state index contributed by atoms with van der Waals surface area (Å²) in [6, 6.07) is 0. The molecule has 2 aliphatic heterocycles. The van der Waals surface area contributed by atoms with Gasteiger partial charge in [-0.15, -0.1) is 0 Å². The average molecular weight is 283 g/mol. The number of nitrogens with zero attached hydrogens (tertiary/aromatic N) is 2. The molecule has 0 bridgehead atoms. The van der Waals surface area contributed by atoms with Gasteiger partial charge in [0, 0.05) is 50.4 Å². The zero-order chi connectivity index (χ0) is 15.0. The molecule has 0 saturated carbocycles. The second-order valence-electron chi connectivity index (χ2n) is 8.11. The van der Waals surface area contributed by atoms with E-state index in [1.54, 1.807) is 0 Å². The zero-order valence-electron chi connectivity index (χ0n) is 14.0. The number of hydrogen-bond acceptors (Lipinski definition) is 4. The van der Waals surface area contributed by atoms with Gasteiger partial charge in [-0.1, -0.05) is 0 Å². The first-order chi connectivity index (χ1) is 9.19. The third-order valence-electron chi connectivity index (χ3n) is 5.09. The zero-order valence-corrected chi connectivity index (χ0v) is 14.0. The Morgan fingerprint density at radius 3 is 2.15 bits per heavy atom. The summed E-state index contributed by atoms with van der Waals surface area (Å²) >= 11 is 0. The van der Waals surface area contributed by atoms with Crippen molar-refractivity contribution in [3.05, 3.63) is 0 Å². The van der Waals surface area contributed by atoms with Crippen LogP contribution in [-0.4, -0.2) is 65.8 Å². The van der Waals surface area contributed by atoms with Crippen LogP contribution in [0.25, 0.3) is 0 Å². The molecule has 2 aliphatic rings. The van der Waals surface area contributed by atoms with E-state index in [9.17, 15) is 0 Å². The smallest absolute Gasteiger partial charge is 0.0644 e. The predicted molar refractivity (Wildman–Crippen MR) is 83.9 cm³/mol. The molecule has 1 atom stereocenters. The molecule has 4 heteroatoms. The van der Waals surface area contributed by atoms with Crippen LogP contribution in [0.5, 0.6) is 0 Å². The van der Waals surface area contributed by atoms with Crippen molar-refractivity contribution in [1.29, 1.82) is 0 Å². The monoisotopic (exact) mass is 283 g/mol. The van der Waals surface area contributed by atoms with Gasteiger partial charge in [0.2, 0.25) is 0 Å². The summed E-state index contributed by atoms with van der Waals surface area (Å²) in [4.78, 5) is 5.22. The fourth-order valence-corrected chi connectivity index (χ4v) is 3.87. The van der Waals surface area contributed by atoms with E-state index in [4.69, 9.17) is 10.5 Å². The van der Waals surface area contributed by atoms with E-state index in [-0.39, 0.29) is 16.7 Å². The van der Waals surface area contributed by atoms with Gasteiger partial charge in [-0.3, -0.25) is 9.80 Å². The maximum atomic E-state index is 6.20. The fourth-order valence-electron chi connectivity index (χ4n) is 3.87. The maximum Gasteiger partial charge on any atom is 0.0644 e. The third-order valence-corrected chi connectivity index (χ3v) is 5.09. The van der Waals surface area contributed by atoms with E-state index in [2.05, 4.69) is 44.4 Å². The van der Waals surface area contributed by atoms with Crippen molar-refractivity contribution in [2.75, 3.05) is 39.3 Å². The minimum atomic E-state index is -0.0429. The van der Waals surface area contributed by atoms with Gasteiger partial charge in [0.05, 0.1) is 5.60 Å². The molecule has 0 spiro atoms. The van der Waals surface area contributed by atoms with Crippen LogP contribution in [0, 0.1) is 0 Å². The number of piperazine rings is 1. The Hall–Kier alpha value is -0.160. The van der Waals surface area contributed by atoms with Gasteiger partial charge in [0.1, 0.15) is 0 Å². The molecule has 2 fully saturated rings. The highest BCUT2D eigenvalue weighted by molar-refractivity contribution is 5.01. The Kier molecular flexibility index (Phi) is 4.51.